The Hall–Kier alpha value is -0.270. The number of thioether (sulfide) groups is 1. The molecule has 0 bridgehead atoms. The molecule has 5 nitrogen and oxygen atoms in total. The Bertz CT molecular complexity index is 341. The summed E-state index contributed by atoms with van der Waals surface area (Å²) in [4.78, 5) is 12.4. The van der Waals surface area contributed by atoms with E-state index in [1.54, 1.807) is 16.7 Å². The number of carboxylic acids is 1. The van der Waals surface area contributed by atoms with E-state index in [-0.39, 0.29) is 0 Å². The average Bonchev–Trinajstić information content (AvgIpc) is 2.15. The van der Waals surface area contributed by atoms with Crippen LogP contribution in [0.1, 0.15) is 6.92 Å². The predicted molar refractivity (Wildman–Crippen MR) is 59.8 cm³/mol. The standard InChI is InChI=1S/C8H15NO4S2/c1-6(8(10)11)9-3-4-14-5-7(9)15(2,12)13/h6-7H,3-5H2,1-2H3,(H,10,11). The van der Waals surface area contributed by atoms with Gasteiger partial charge in [0.2, 0.25) is 0 Å². The van der Waals surface area contributed by atoms with Crippen molar-refractivity contribution in [1.82, 2.24) is 4.90 Å². The molecule has 15 heavy (non-hydrogen) atoms. The molecule has 1 saturated heterocycles. The van der Waals surface area contributed by atoms with Crippen molar-refractivity contribution in [2.45, 2.75) is 18.3 Å². The molecule has 1 fully saturated rings. The summed E-state index contributed by atoms with van der Waals surface area (Å²) in [5, 5.41) is 8.21. The van der Waals surface area contributed by atoms with Crippen LogP contribution in [0.5, 0.6) is 0 Å². The van der Waals surface area contributed by atoms with Crippen LogP contribution in [0.3, 0.4) is 0 Å². The van der Waals surface area contributed by atoms with Crippen LogP contribution >= 0.6 is 11.8 Å². The monoisotopic (exact) mass is 253 g/mol. The molecule has 0 saturated carbocycles. The molecule has 1 aliphatic rings. The Labute approximate surface area is 93.8 Å². The van der Waals surface area contributed by atoms with Gasteiger partial charge >= 0.3 is 5.97 Å². The van der Waals surface area contributed by atoms with Crippen molar-refractivity contribution in [3.8, 4) is 0 Å². The molecule has 1 aliphatic heterocycles. The number of aliphatic carboxylic acids is 1. The zero-order valence-corrected chi connectivity index (χ0v) is 10.3. The van der Waals surface area contributed by atoms with E-state index < -0.39 is 27.2 Å². The number of hydrogen-bond donors (Lipinski definition) is 1. The van der Waals surface area contributed by atoms with Crippen molar-refractivity contribution in [2.75, 3.05) is 24.3 Å². The van der Waals surface area contributed by atoms with Gasteiger partial charge in [0.1, 0.15) is 11.4 Å². The Morgan fingerprint density at radius 2 is 2.20 bits per heavy atom. The lowest BCUT2D eigenvalue weighted by Crippen LogP contribution is -2.53. The minimum absolute atomic E-state index is 0.455. The van der Waals surface area contributed by atoms with Crippen LogP contribution < -0.4 is 0 Å². The molecule has 7 heteroatoms. The lowest BCUT2D eigenvalue weighted by molar-refractivity contribution is -0.142. The molecule has 2 unspecified atom stereocenters. The van der Waals surface area contributed by atoms with Gasteiger partial charge in [0.15, 0.2) is 9.84 Å². The number of hydrogen-bond acceptors (Lipinski definition) is 5. The topological polar surface area (TPSA) is 74.7 Å². The summed E-state index contributed by atoms with van der Waals surface area (Å²) < 4.78 is 23.0. The van der Waals surface area contributed by atoms with Gasteiger partial charge in [-0.05, 0) is 6.92 Å². The molecular formula is C8H15NO4S2. The maximum Gasteiger partial charge on any atom is 0.320 e. The zero-order chi connectivity index (χ0) is 11.6. The lowest BCUT2D eigenvalue weighted by atomic mass is 10.3. The van der Waals surface area contributed by atoms with Gasteiger partial charge < -0.3 is 5.11 Å². The summed E-state index contributed by atoms with van der Waals surface area (Å²) in [7, 11) is -3.21. The normalized spacial score (nSPS) is 26.1. The van der Waals surface area contributed by atoms with Crippen molar-refractivity contribution < 1.29 is 18.3 Å². The second-order valence-corrected chi connectivity index (χ2v) is 6.96. The summed E-state index contributed by atoms with van der Waals surface area (Å²) in [6.07, 6.45) is 1.16. The number of rotatable bonds is 3. The van der Waals surface area contributed by atoms with E-state index in [1.807, 2.05) is 0 Å². The summed E-state index contributed by atoms with van der Waals surface area (Å²) in [6, 6.07) is -0.745. The third kappa shape index (κ3) is 3.09. The largest absolute Gasteiger partial charge is 0.480 e. The fourth-order valence-electron chi connectivity index (χ4n) is 1.55. The van der Waals surface area contributed by atoms with Gasteiger partial charge in [-0.2, -0.15) is 11.8 Å². The van der Waals surface area contributed by atoms with E-state index >= 15 is 0 Å². The van der Waals surface area contributed by atoms with E-state index in [9.17, 15) is 13.2 Å². The number of nitrogens with zero attached hydrogens (tertiary/aromatic N) is 1. The SMILES string of the molecule is CC(C(=O)O)N1CCSCC1S(C)(=O)=O. The van der Waals surface area contributed by atoms with Crippen molar-refractivity contribution in [1.29, 1.82) is 0 Å². The summed E-state index contributed by atoms with van der Waals surface area (Å²) in [5.41, 5.74) is 0. The molecule has 0 aliphatic carbocycles. The van der Waals surface area contributed by atoms with Crippen molar-refractivity contribution in [3.05, 3.63) is 0 Å². The lowest BCUT2D eigenvalue weighted by Gasteiger charge is -2.36. The first kappa shape index (κ1) is 12.8. The van der Waals surface area contributed by atoms with E-state index in [0.717, 1.165) is 12.0 Å². The Morgan fingerprint density at radius 1 is 1.60 bits per heavy atom. The van der Waals surface area contributed by atoms with E-state index in [0.29, 0.717) is 12.3 Å². The summed E-state index contributed by atoms with van der Waals surface area (Å²) in [6.45, 7) is 2.03. The Kier molecular flexibility index (Phi) is 4.02. The van der Waals surface area contributed by atoms with Crippen LogP contribution in [0.4, 0.5) is 0 Å². The molecule has 0 radical (unpaired) electrons. The van der Waals surface area contributed by atoms with E-state index in [1.165, 1.54) is 6.92 Å². The van der Waals surface area contributed by atoms with Gasteiger partial charge in [-0.1, -0.05) is 0 Å². The molecule has 2 atom stereocenters. The van der Waals surface area contributed by atoms with Gasteiger partial charge in [-0.25, -0.2) is 8.42 Å². The highest BCUT2D eigenvalue weighted by molar-refractivity contribution is 8.00. The molecule has 88 valence electrons. The number of carboxylic acid groups (broad SMARTS) is 1. The highest BCUT2D eigenvalue weighted by Crippen LogP contribution is 2.22. The highest BCUT2D eigenvalue weighted by Gasteiger charge is 2.36. The maximum atomic E-state index is 11.5. The second-order valence-electron chi connectivity index (χ2n) is 3.61. The van der Waals surface area contributed by atoms with Gasteiger partial charge in [0, 0.05) is 24.3 Å². The van der Waals surface area contributed by atoms with Crippen LogP contribution in [0.2, 0.25) is 0 Å². The van der Waals surface area contributed by atoms with Crippen molar-refractivity contribution in [3.63, 3.8) is 0 Å². The minimum Gasteiger partial charge on any atom is -0.480 e. The third-order valence-electron chi connectivity index (χ3n) is 2.47. The van der Waals surface area contributed by atoms with Crippen LogP contribution in [-0.4, -0.2) is 60.1 Å². The minimum atomic E-state index is -3.21. The van der Waals surface area contributed by atoms with Crippen molar-refractivity contribution >= 4 is 27.6 Å². The third-order valence-corrected chi connectivity index (χ3v) is 5.13. The van der Waals surface area contributed by atoms with Crippen LogP contribution in [-0.2, 0) is 14.6 Å². The molecule has 0 aromatic carbocycles. The van der Waals surface area contributed by atoms with Crippen LogP contribution in [0.15, 0.2) is 0 Å². The molecule has 1 N–H and O–H groups in total. The first-order valence-electron chi connectivity index (χ1n) is 4.59. The molecule has 1 heterocycles. The van der Waals surface area contributed by atoms with Gasteiger partial charge in [-0.3, -0.25) is 9.69 Å². The fourth-order valence-corrected chi connectivity index (χ4v) is 4.51. The smallest absolute Gasteiger partial charge is 0.320 e. The van der Waals surface area contributed by atoms with Crippen molar-refractivity contribution in [2.24, 2.45) is 0 Å². The number of carbonyl (C=O) groups is 1. The Morgan fingerprint density at radius 3 is 2.67 bits per heavy atom. The fraction of sp³-hybridized carbons (Fsp3) is 0.875. The quantitative estimate of drug-likeness (QED) is 0.756. The van der Waals surface area contributed by atoms with E-state index in [2.05, 4.69) is 0 Å². The molecule has 1 rings (SSSR count). The molecular weight excluding hydrogens is 238 g/mol. The molecule has 0 aromatic rings. The molecule has 0 aromatic heterocycles. The number of sulfone groups is 1. The average molecular weight is 253 g/mol. The van der Waals surface area contributed by atoms with Crippen LogP contribution in [0.25, 0.3) is 0 Å². The van der Waals surface area contributed by atoms with Gasteiger partial charge in [0.25, 0.3) is 0 Å². The first-order chi connectivity index (χ1) is 6.84. The highest BCUT2D eigenvalue weighted by atomic mass is 32.2. The second kappa shape index (κ2) is 4.71. The summed E-state index contributed by atoms with van der Waals surface area (Å²) >= 11 is 1.55. The first-order valence-corrected chi connectivity index (χ1v) is 7.70. The molecule has 0 spiro atoms. The van der Waals surface area contributed by atoms with Gasteiger partial charge in [0.05, 0.1) is 0 Å². The predicted octanol–water partition coefficient (Wildman–Crippen LogP) is -0.121. The van der Waals surface area contributed by atoms with Crippen LogP contribution in [0, 0.1) is 0 Å². The Balaban J connectivity index is 2.88. The zero-order valence-electron chi connectivity index (χ0n) is 8.71. The molecule has 0 amide bonds. The van der Waals surface area contributed by atoms with E-state index in [4.69, 9.17) is 5.11 Å². The van der Waals surface area contributed by atoms with Gasteiger partial charge in [-0.15, -0.1) is 0 Å². The summed E-state index contributed by atoms with van der Waals surface area (Å²) in [5.74, 6) is 0.260. The maximum absolute atomic E-state index is 11.5.